The van der Waals surface area contributed by atoms with E-state index in [0.717, 1.165) is 32.9 Å². The Bertz CT molecular complexity index is 648. The zero-order chi connectivity index (χ0) is 16.1. The summed E-state index contributed by atoms with van der Waals surface area (Å²) in [5.41, 5.74) is 1.93. The number of anilines is 1. The molecule has 122 valence electrons. The number of hydrogen-bond donors (Lipinski definition) is 1. The summed E-state index contributed by atoms with van der Waals surface area (Å²) in [6.45, 7) is 0. The molecular formula is C18H22N2OS2. The second kappa shape index (κ2) is 7.97. The van der Waals surface area contributed by atoms with Crippen molar-refractivity contribution in [3.05, 3.63) is 30.3 Å². The average Bonchev–Trinajstić information content (AvgIpc) is 3.23. The fourth-order valence-corrected chi connectivity index (χ4v) is 4.59. The molecule has 1 N–H and O–H groups in total. The smallest absolute Gasteiger partial charge is 0.225 e. The van der Waals surface area contributed by atoms with Gasteiger partial charge in [-0.15, -0.1) is 0 Å². The second-order valence-electron chi connectivity index (χ2n) is 5.96. The van der Waals surface area contributed by atoms with Gasteiger partial charge in [0.2, 0.25) is 5.91 Å². The molecule has 1 aromatic carbocycles. The molecule has 0 aliphatic heterocycles. The van der Waals surface area contributed by atoms with Crippen molar-refractivity contribution in [1.82, 2.24) is 4.98 Å². The normalized spacial score (nSPS) is 15.0. The minimum atomic E-state index is 0.116. The molecule has 0 unspecified atom stereocenters. The van der Waals surface area contributed by atoms with Crippen LogP contribution in [0.5, 0.6) is 0 Å². The van der Waals surface area contributed by atoms with Crippen LogP contribution in [0.15, 0.2) is 34.7 Å². The van der Waals surface area contributed by atoms with Crippen LogP contribution in [0.1, 0.15) is 38.5 Å². The number of aromatic nitrogens is 1. The van der Waals surface area contributed by atoms with Crippen molar-refractivity contribution >= 4 is 34.0 Å². The fraction of sp³-hybridized carbons (Fsp3) is 0.444. The van der Waals surface area contributed by atoms with Gasteiger partial charge in [0.05, 0.1) is 0 Å². The number of hydrogen-bond acceptors (Lipinski definition) is 4. The summed E-state index contributed by atoms with van der Waals surface area (Å²) >= 11 is 3.18. The molecule has 5 heteroatoms. The zero-order valence-corrected chi connectivity index (χ0v) is 15.0. The summed E-state index contributed by atoms with van der Waals surface area (Å²) in [5.74, 6) is 0.864. The highest BCUT2D eigenvalue weighted by Crippen LogP contribution is 2.37. The maximum absolute atomic E-state index is 12.3. The highest BCUT2D eigenvalue weighted by atomic mass is 32.2. The Hall–Kier alpha value is -1.33. The Kier molecular flexibility index (Phi) is 5.73. The van der Waals surface area contributed by atoms with Gasteiger partial charge in [-0.1, -0.05) is 79.1 Å². The molecule has 0 spiro atoms. The first-order valence-corrected chi connectivity index (χ1v) is 10.2. The number of thioether (sulfide) groups is 1. The van der Waals surface area contributed by atoms with Crippen LogP contribution in [-0.2, 0) is 4.79 Å². The van der Waals surface area contributed by atoms with Crippen LogP contribution in [0.3, 0.4) is 0 Å². The molecule has 1 saturated carbocycles. The third-order valence-corrected chi connectivity index (χ3v) is 6.29. The second-order valence-corrected chi connectivity index (χ2v) is 8.02. The average molecular weight is 347 g/mol. The lowest BCUT2D eigenvalue weighted by molar-refractivity contribution is -0.116. The number of nitrogens with one attached hydrogen (secondary N) is 1. The number of rotatable bonds is 6. The van der Waals surface area contributed by atoms with Crippen LogP contribution >= 0.6 is 23.1 Å². The minimum absolute atomic E-state index is 0.116. The van der Waals surface area contributed by atoms with Crippen molar-refractivity contribution in [3.63, 3.8) is 0 Å². The molecule has 23 heavy (non-hydrogen) atoms. The van der Waals surface area contributed by atoms with E-state index in [1.54, 1.807) is 23.1 Å². The quantitative estimate of drug-likeness (QED) is 0.708. The van der Waals surface area contributed by atoms with Gasteiger partial charge in [-0.2, -0.15) is 0 Å². The van der Waals surface area contributed by atoms with E-state index in [2.05, 4.69) is 10.3 Å². The van der Waals surface area contributed by atoms with Crippen LogP contribution in [0, 0.1) is 5.92 Å². The summed E-state index contributed by atoms with van der Waals surface area (Å²) in [4.78, 5) is 17.0. The van der Waals surface area contributed by atoms with E-state index in [-0.39, 0.29) is 5.91 Å². The Labute approximate surface area is 145 Å². The van der Waals surface area contributed by atoms with Crippen molar-refractivity contribution in [3.8, 4) is 11.3 Å². The van der Waals surface area contributed by atoms with E-state index in [0.29, 0.717) is 6.42 Å². The van der Waals surface area contributed by atoms with Gasteiger partial charge in [-0.05, 0) is 18.6 Å². The number of carbonyl (C=O) groups excluding carboxylic acids is 1. The van der Waals surface area contributed by atoms with Gasteiger partial charge in [0, 0.05) is 12.0 Å². The molecule has 3 nitrogen and oxygen atoms in total. The lowest BCUT2D eigenvalue weighted by Crippen LogP contribution is -2.12. The molecule has 1 aliphatic carbocycles. The van der Waals surface area contributed by atoms with Gasteiger partial charge in [0.1, 0.15) is 10.7 Å². The molecule has 0 atom stereocenters. The van der Waals surface area contributed by atoms with Gasteiger partial charge in [0.15, 0.2) is 4.34 Å². The van der Waals surface area contributed by atoms with Gasteiger partial charge in [-0.3, -0.25) is 4.79 Å². The number of benzene rings is 1. The van der Waals surface area contributed by atoms with Crippen molar-refractivity contribution in [2.75, 3.05) is 11.6 Å². The predicted molar refractivity (Wildman–Crippen MR) is 99.2 cm³/mol. The summed E-state index contributed by atoms with van der Waals surface area (Å²) in [7, 11) is 0. The Morgan fingerprint density at radius 3 is 2.74 bits per heavy atom. The SMILES string of the molecule is CSc1nc(-c2ccccc2)c(NC(=O)CCC2CCCC2)s1. The van der Waals surface area contributed by atoms with Crippen LogP contribution in [-0.4, -0.2) is 17.1 Å². The third-order valence-electron chi connectivity index (χ3n) is 4.34. The van der Waals surface area contributed by atoms with Crippen molar-refractivity contribution < 1.29 is 4.79 Å². The summed E-state index contributed by atoms with van der Waals surface area (Å²) in [5, 5.41) is 3.96. The molecule has 1 aliphatic rings. The number of nitrogens with zero attached hydrogens (tertiary/aromatic N) is 1. The first-order valence-electron chi connectivity index (χ1n) is 8.16. The molecule has 1 fully saturated rings. The maximum atomic E-state index is 12.3. The zero-order valence-electron chi connectivity index (χ0n) is 13.4. The monoisotopic (exact) mass is 346 g/mol. The number of carbonyl (C=O) groups is 1. The summed E-state index contributed by atoms with van der Waals surface area (Å²) < 4.78 is 0.981. The van der Waals surface area contributed by atoms with E-state index < -0.39 is 0 Å². The molecule has 1 aromatic heterocycles. The lowest BCUT2D eigenvalue weighted by Gasteiger charge is -2.09. The third kappa shape index (κ3) is 4.36. The maximum Gasteiger partial charge on any atom is 0.225 e. The largest absolute Gasteiger partial charge is 0.316 e. The van der Waals surface area contributed by atoms with Crippen molar-refractivity contribution in [1.29, 1.82) is 0 Å². The summed E-state index contributed by atoms with van der Waals surface area (Å²) in [6, 6.07) is 10.1. The highest BCUT2D eigenvalue weighted by molar-refractivity contribution is 8.00. The van der Waals surface area contributed by atoms with E-state index in [9.17, 15) is 4.79 Å². The first-order chi connectivity index (χ1) is 11.3. The van der Waals surface area contributed by atoms with Gasteiger partial charge >= 0.3 is 0 Å². The van der Waals surface area contributed by atoms with Crippen LogP contribution in [0.25, 0.3) is 11.3 Å². The van der Waals surface area contributed by atoms with E-state index >= 15 is 0 Å². The van der Waals surface area contributed by atoms with Gasteiger partial charge < -0.3 is 5.32 Å². The molecular weight excluding hydrogens is 324 g/mol. The topological polar surface area (TPSA) is 42.0 Å². The molecule has 3 rings (SSSR count). The number of amides is 1. The van der Waals surface area contributed by atoms with Gasteiger partial charge in [-0.25, -0.2) is 4.98 Å². The summed E-state index contributed by atoms with van der Waals surface area (Å²) in [6.07, 6.45) is 8.89. The highest BCUT2D eigenvalue weighted by Gasteiger charge is 2.18. The van der Waals surface area contributed by atoms with E-state index in [4.69, 9.17) is 0 Å². The Balaban J connectivity index is 1.68. The fourth-order valence-electron chi connectivity index (χ4n) is 3.09. The standard InChI is InChI=1S/C18H22N2OS2/c1-22-18-20-16(14-9-3-2-4-10-14)17(23-18)19-15(21)12-11-13-7-5-6-8-13/h2-4,9-10,13H,5-8,11-12H2,1H3,(H,19,21). The van der Waals surface area contributed by atoms with Crippen molar-refractivity contribution in [2.45, 2.75) is 42.9 Å². The Morgan fingerprint density at radius 1 is 1.30 bits per heavy atom. The van der Waals surface area contributed by atoms with E-state index in [1.165, 1.54) is 25.7 Å². The molecule has 2 aromatic rings. The van der Waals surface area contributed by atoms with E-state index in [1.807, 2.05) is 36.6 Å². The number of thiazole rings is 1. The lowest BCUT2D eigenvalue weighted by atomic mass is 10.0. The Morgan fingerprint density at radius 2 is 2.04 bits per heavy atom. The van der Waals surface area contributed by atoms with Gasteiger partial charge in [0.25, 0.3) is 0 Å². The predicted octanol–water partition coefficient (Wildman–Crippen LogP) is 5.44. The molecule has 1 heterocycles. The van der Waals surface area contributed by atoms with Crippen molar-refractivity contribution in [2.24, 2.45) is 5.92 Å². The molecule has 0 bridgehead atoms. The molecule has 1 amide bonds. The van der Waals surface area contributed by atoms with Crippen LogP contribution in [0.2, 0.25) is 0 Å². The minimum Gasteiger partial charge on any atom is -0.316 e. The van der Waals surface area contributed by atoms with Crippen LogP contribution in [0.4, 0.5) is 5.00 Å². The molecule has 0 radical (unpaired) electrons. The van der Waals surface area contributed by atoms with Crippen LogP contribution < -0.4 is 5.32 Å². The molecule has 0 saturated heterocycles. The first kappa shape index (κ1) is 16.5.